The minimum atomic E-state index is -4.31. The first kappa shape index (κ1) is 14.5. The van der Waals surface area contributed by atoms with Gasteiger partial charge in [0.1, 0.15) is 12.8 Å². The Labute approximate surface area is 104 Å². The van der Waals surface area contributed by atoms with Crippen LogP contribution in [0.15, 0.2) is 29.4 Å². The third kappa shape index (κ3) is 5.21. The monoisotopic (exact) mass is 258 g/mol. The molecule has 0 aliphatic carbocycles. The summed E-state index contributed by atoms with van der Waals surface area (Å²) in [5.41, 5.74) is -0.226. The van der Waals surface area contributed by atoms with Gasteiger partial charge < -0.3 is 4.84 Å². The summed E-state index contributed by atoms with van der Waals surface area (Å²) in [4.78, 5) is 4.93. The van der Waals surface area contributed by atoms with Crippen LogP contribution in [0.4, 0.5) is 13.2 Å². The van der Waals surface area contributed by atoms with Crippen LogP contribution in [0.5, 0.6) is 0 Å². The second-order valence-electron chi connectivity index (χ2n) is 3.82. The average molecular weight is 258 g/mol. The van der Waals surface area contributed by atoms with E-state index in [9.17, 15) is 13.2 Å². The molecule has 99 valence electrons. The van der Waals surface area contributed by atoms with Crippen molar-refractivity contribution in [1.29, 1.82) is 0 Å². The van der Waals surface area contributed by atoms with Gasteiger partial charge in [0.15, 0.2) is 0 Å². The Morgan fingerprint density at radius 3 is 2.39 bits per heavy atom. The van der Waals surface area contributed by atoms with Crippen LogP contribution in [0.2, 0.25) is 0 Å². The zero-order valence-corrected chi connectivity index (χ0v) is 10.1. The molecular weight excluding hydrogens is 243 g/mol. The highest BCUT2D eigenvalue weighted by Crippen LogP contribution is 2.28. The molecule has 0 saturated heterocycles. The molecule has 0 saturated carbocycles. The first-order valence-electron chi connectivity index (χ1n) is 5.79. The summed E-state index contributed by atoms with van der Waals surface area (Å²) in [7, 11) is 0. The van der Waals surface area contributed by atoms with E-state index in [0.717, 1.165) is 31.4 Å². The highest BCUT2D eigenvalue weighted by Gasteiger charge is 2.29. The Morgan fingerprint density at radius 2 is 1.83 bits per heavy atom. The molecule has 1 radical (unpaired) electrons. The third-order valence-electron chi connectivity index (χ3n) is 2.29. The number of benzene rings is 1. The molecule has 1 rings (SSSR count). The van der Waals surface area contributed by atoms with Crippen LogP contribution in [0, 0.1) is 0 Å². The number of halogens is 3. The van der Waals surface area contributed by atoms with Crippen molar-refractivity contribution in [2.45, 2.75) is 32.4 Å². The van der Waals surface area contributed by atoms with E-state index in [-0.39, 0.29) is 0 Å². The number of hydrogen-bond acceptors (Lipinski definition) is 2. The second kappa shape index (κ2) is 7.03. The summed E-state index contributed by atoms with van der Waals surface area (Å²) < 4.78 is 36.8. The topological polar surface area (TPSA) is 21.6 Å². The molecule has 0 aliphatic rings. The van der Waals surface area contributed by atoms with Gasteiger partial charge in [-0.1, -0.05) is 37.1 Å². The van der Waals surface area contributed by atoms with Gasteiger partial charge in [-0.25, -0.2) is 0 Å². The highest BCUT2D eigenvalue weighted by molar-refractivity contribution is 5.79. The zero-order chi connectivity index (χ0) is 13.4. The lowest BCUT2D eigenvalue weighted by Gasteiger charge is -2.05. The molecule has 0 amide bonds. The smallest absolute Gasteiger partial charge is 0.395 e. The van der Waals surface area contributed by atoms with Crippen molar-refractivity contribution in [3.63, 3.8) is 0 Å². The van der Waals surface area contributed by atoms with Gasteiger partial charge in [-0.15, -0.1) is 0 Å². The summed E-state index contributed by atoms with van der Waals surface area (Å²) in [5.74, 6) is 0. The van der Waals surface area contributed by atoms with Crippen molar-refractivity contribution in [3.8, 4) is 0 Å². The highest BCUT2D eigenvalue weighted by atomic mass is 19.4. The summed E-state index contributed by atoms with van der Waals surface area (Å²) in [6.07, 6.45) is 1.29. The molecule has 0 atom stereocenters. The number of alkyl halides is 3. The van der Waals surface area contributed by atoms with Crippen LogP contribution in [0.3, 0.4) is 0 Å². The van der Waals surface area contributed by atoms with E-state index in [0.29, 0.717) is 12.2 Å². The number of nitrogens with zero attached hydrogens (tertiary/aromatic N) is 1. The van der Waals surface area contributed by atoms with Gasteiger partial charge in [0, 0.05) is 5.56 Å². The van der Waals surface area contributed by atoms with E-state index < -0.39 is 11.7 Å². The minimum Gasteiger partial charge on any atom is -0.395 e. The van der Waals surface area contributed by atoms with Gasteiger partial charge in [0.05, 0.1) is 5.56 Å². The Kier molecular flexibility index (Phi) is 5.68. The summed E-state index contributed by atoms with van der Waals surface area (Å²) in [6.45, 7) is 2.58. The molecular formula is C13H15F3NO. The number of unbranched alkanes of at least 4 members (excludes halogenated alkanes) is 2. The summed E-state index contributed by atoms with van der Waals surface area (Å²) in [5, 5.41) is 3.57. The fourth-order valence-corrected chi connectivity index (χ4v) is 1.28. The molecule has 0 heterocycles. The van der Waals surface area contributed by atoms with Crippen molar-refractivity contribution < 1.29 is 18.0 Å². The van der Waals surface area contributed by atoms with Crippen molar-refractivity contribution >= 4 is 6.21 Å². The average Bonchev–Trinajstić information content (AvgIpc) is 2.33. The van der Waals surface area contributed by atoms with Crippen LogP contribution < -0.4 is 0 Å². The Morgan fingerprint density at radius 1 is 1.17 bits per heavy atom. The van der Waals surface area contributed by atoms with Crippen LogP contribution >= 0.6 is 0 Å². The van der Waals surface area contributed by atoms with Crippen molar-refractivity contribution in [2.75, 3.05) is 6.61 Å². The van der Waals surface area contributed by atoms with Crippen LogP contribution in [0.25, 0.3) is 0 Å². The molecule has 1 aromatic carbocycles. The van der Waals surface area contributed by atoms with E-state index in [2.05, 4.69) is 18.3 Å². The number of hydrogen-bond donors (Lipinski definition) is 0. The maximum Gasteiger partial charge on any atom is 0.416 e. The van der Waals surface area contributed by atoms with Crippen molar-refractivity contribution in [2.24, 2.45) is 5.16 Å². The van der Waals surface area contributed by atoms with Crippen LogP contribution in [0.1, 0.15) is 37.3 Å². The molecule has 0 bridgehead atoms. The predicted molar refractivity (Wildman–Crippen MR) is 63.5 cm³/mol. The third-order valence-corrected chi connectivity index (χ3v) is 2.29. The molecule has 0 N–H and O–H groups in total. The van der Waals surface area contributed by atoms with Gasteiger partial charge in [-0.2, -0.15) is 13.2 Å². The van der Waals surface area contributed by atoms with Gasteiger partial charge in [0.25, 0.3) is 0 Å². The number of rotatable bonds is 6. The van der Waals surface area contributed by atoms with Crippen LogP contribution in [-0.4, -0.2) is 12.8 Å². The predicted octanol–water partition coefficient (Wildman–Crippen LogP) is 4.12. The fourth-order valence-electron chi connectivity index (χ4n) is 1.28. The zero-order valence-electron chi connectivity index (χ0n) is 10.1. The maximum atomic E-state index is 12.3. The molecule has 0 aliphatic heterocycles. The normalized spacial score (nSPS) is 12.0. The summed E-state index contributed by atoms with van der Waals surface area (Å²) >= 11 is 0. The van der Waals surface area contributed by atoms with E-state index >= 15 is 0 Å². The first-order chi connectivity index (χ1) is 8.54. The maximum absolute atomic E-state index is 12.3. The van der Waals surface area contributed by atoms with Crippen molar-refractivity contribution in [1.82, 2.24) is 0 Å². The van der Waals surface area contributed by atoms with E-state index in [1.54, 1.807) is 0 Å². The molecule has 2 nitrogen and oxygen atoms in total. The quantitative estimate of drug-likeness (QED) is 0.427. The largest absolute Gasteiger partial charge is 0.416 e. The van der Waals surface area contributed by atoms with Gasteiger partial charge in [-0.3, -0.25) is 0 Å². The van der Waals surface area contributed by atoms with Gasteiger partial charge in [0.2, 0.25) is 0 Å². The molecule has 0 spiro atoms. The minimum absolute atomic E-state index is 0.457. The molecule has 18 heavy (non-hydrogen) atoms. The SMILES string of the molecule is CCCCCO/N=[C]/c1ccc(C(F)(F)F)cc1. The van der Waals surface area contributed by atoms with E-state index in [1.807, 2.05) is 0 Å². The van der Waals surface area contributed by atoms with Crippen molar-refractivity contribution in [3.05, 3.63) is 35.4 Å². The first-order valence-corrected chi connectivity index (χ1v) is 5.79. The molecule has 5 heteroatoms. The second-order valence-corrected chi connectivity index (χ2v) is 3.82. The van der Waals surface area contributed by atoms with E-state index in [4.69, 9.17) is 4.84 Å². The molecule has 1 aromatic rings. The molecule has 0 aromatic heterocycles. The Balaban J connectivity index is 2.41. The molecule has 0 fully saturated rings. The van der Waals surface area contributed by atoms with Gasteiger partial charge in [-0.05, 0) is 18.6 Å². The standard InChI is InChI=1S/C13H15F3NO/c1-2-3-4-9-18-17-10-11-5-7-12(8-6-11)13(14,15)16/h5-8H,2-4,9H2,1H3. The lowest BCUT2D eigenvalue weighted by molar-refractivity contribution is -0.137. The summed E-state index contributed by atoms with van der Waals surface area (Å²) in [6, 6.07) is 4.60. The fraction of sp³-hybridized carbons (Fsp3) is 0.462. The molecule has 0 unspecified atom stereocenters. The van der Waals surface area contributed by atoms with Gasteiger partial charge >= 0.3 is 6.18 Å². The van der Waals surface area contributed by atoms with E-state index in [1.165, 1.54) is 12.1 Å². The Hall–Kier alpha value is -1.52. The lowest BCUT2D eigenvalue weighted by atomic mass is 10.1. The van der Waals surface area contributed by atoms with Crippen LogP contribution in [-0.2, 0) is 11.0 Å². The Bertz CT molecular complexity index is 371. The lowest BCUT2D eigenvalue weighted by Crippen LogP contribution is -2.04.